The molecule has 3 nitrogen and oxygen atoms in total. The van der Waals surface area contributed by atoms with Crippen LogP contribution in [0.3, 0.4) is 0 Å². The maximum Gasteiger partial charge on any atom is 0.280 e. The van der Waals surface area contributed by atoms with E-state index in [-0.39, 0.29) is 17.9 Å². The zero-order chi connectivity index (χ0) is 9.84. The Morgan fingerprint density at radius 1 is 1.62 bits per heavy atom. The van der Waals surface area contributed by atoms with E-state index in [4.69, 9.17) is 5.73 Å². The van der Waals surface area contributed by atoms with Gasteiger partial charge in [0.1, 0.15) is 5.69 Å². The number of ketones is 1. The van der Waals surface area contributed by atoms with E-state index in [9.17, 15) is 13.6 Å². The second-order valence-corrected chi connectivity index (χ2v) is 2.40. The fourth-order valence-electron chi connectivity index (χ4n) is 0.859. The van der Waals surface area contributed by atoms with E-state index in [1.54, 1.807) is 0 Å². The Morgan fingerprint density at radius 2 is 2.31 bits per heavy atom. The van der Waals surface area contributed by atoms with Crippen molar-refractivity contribution in [3.63, 3.8) is 0 Å². The van der Waals surface area contributed by atoms with Gasteiger partial charge in [0.2, 0.25) is 0 Å². The maximum atomic E-state index is 12.1. The molecule has 70 valence electrons. The number of hydrogen-bond acceptors (Lipinski definition) is 3. The number of carbonyl (C=O) groups is 1. The third-order valence-electron chi connectivity index (χ3n) is 1.51. The molecule has 0 amide bonds. The number of halogens is 2. The summed E-state index contributed by atoms with van der Waals surface area (Å²) in [4.78, 5) is 14.4. The molecule has 0 aliphatic rings. The van der Waals surface area contributed by atoms with Gasteiger partial charge in [-0.2, -0.15) is 0 Å². The molecular formula is C8H8F2N2O. The summed E-state index contributed by atoms with van der Waals surface area (Å²) in [5.41, 5.74) is 4.84. The van der Waals surface area contributed by atoms with Crippen molar-refractivity contribution in [2.45, 2.75) is 6.43 Å². The summed E-state index contributed by atoms with van der Waals surface area (Å²) in [6.45, 7) is -0.188. The molecule has 0 unspecified atom stereocenters. The van der Waals surface area contributed by atoms with Crippen molar-refractivity contribution in [1.82, 2.24) is 4.98 Å². The molecule has 0 bridgehead atoms. The third kappa shape index (κ3) is 2.29. The van der Waals surface area contributed by atoms with E-state index < -0.39 is 12.1 Å². The minimum Gasteiger partial charge on any atom is -0.324 e. The van der Waals surface area contributed by atoms with E-state index in [1.165, 1.54) is 12.3 Å². The first-order valence-electron chi connectivity index (χ1n) is 3.62. The second-order valence-electron chi connectivity index (χ2n) is 2.40. The van der Waals surface area contributed by atoms with Crippen LogP contribution in [-0.4, -0.2) is 17.3 Å². The van der Waals surface area contributed by atoms with Gasteiger partial charge in [0, 0.05) is 11.8 Å². The highest BCUT2D eigenvalue weighted by molar-refractivity contribution is 5.97. The van der Waals surface area contributed by atoms with Crippen LogP contribution in [0.4, 0.5) is 8.78 Å². The number of alkyl halides is 2. The predicted molar refractivity (Wildman–Crippen MR) is 42.6 cm³/mol. The van der Waals surface area contributed by atoms with Gasteiger partial charge < -0.3 is 5.73 Å². The zero-order valence-electron chi connectivity index (χ0n) is 6.71. The van der Waals surface area contributed by atoms with Gasteiger partial charge in [0.25, 0.3) is 6.43 Å². The van der Waals surface area contributed by atoms with Crippen molar-refractivity contribution in [3.05, 3.63) is 29.6 Å². The van der Waals surface area contributed by atoms with Crippen LogP contribution in [-0.2, 0) is 0 Å². The average Bonchev–Trinajstić information content (AvgIpc) is 2.17. The molecule has 0 saturated heterocycles. The number of carbonyl (C=O) groups excluding carboxylic acids is 1. The number of nitrogens with zero attached hydrogens (tertiary/aromatic N) is 1. The molecule has 0 aliphatic heterocycles. The number of nitrogens with two attached hydrogens (primary N) is 1. The van der Waals surface area contributed by atoms with Gasteiger partial charge in [-0.25, -0.2) is 8.78 Å². The first kappa shape index (κ1) is 9.73. The lowest BCUT2D eigenvalue weighted by Gasteiger charge is -2.00. The van der Waals surface area contributed by atoms with Crippen LogP contribution in [0.5, 0.6) is 0 Å². The zero-order valence-corrected chi connectivity index (χ0v) is 6.71. The summed E-state index contributed by atoms with van der Waals surface area (Å²) in [7, 11) is 0. The molecule has 5 heteroatoms. The highest BCUT2D eigenvalue weighted by atomic mass is 19.3. The van der Waals surface area contributed by atoms with Gasteiger partial charge in [0.15, 0.2) is 5.78 Å². The SMILES string of the molecule is NCC(=O)c1ccnc(C(F)F)c1. The van der Waals surface area contributed by atoms with Gasteiger partial charge in [-0.1, -0.05) is 0 Å². The summed E-state index contributed by atoms with van der Waals surface area (Å²) in [5.74, 6) is -0.371. The van der Waals surface area contributed by atoms with Crippen LogP contribution in [0.25, 0.3) is 0 Å². The molecule has 0 fully saturated rings. The first-order chi connectivity index (χ1) is 6.15. The topological polar surface area (TPSA) is 56.0 Å². The van der Waals surface area contributed by atoms with E-state index in [2.05, 4.69) is 4.98 Å². The smallest absolute Gasteiger partial charge is 0.280 e. The molecule has 1 rings (SSSR count). The molecule has 1 aromatic heterocycles. The maximum absolute atomic E-state index is 12.1. The Hall–Kier alpha value is -1.36. The monoisotopic (exact) mass is 186 g/mol. The summed E-state index contributed by atoms with van der Waals surface area (Å²) in [5, 5.41) is 0. The largest absolute Gasteiger partial charge is 0.324 e. The molecule has 0 atom stereocenters. The standard InChI is InChI=1S/C8H8F2N2O/c9-8(10)6-3-5(1-2-12-6)7(13)4-11/h1-3,8H,4,11H2. The van der Waals surface area contributed by atoms with Crippen molar-refractivity contribution in [2.24, 2.45) is 5.73 Å². The van der Waals surface area contributed by atoms with Gasteiger partial charge in [0.05, 0.1) is 6.54 Å². The van der Waals surface area contributed by atoms with Gasteiger partial charge in [-0.15, -0.1) is 0 Å². The van der Waals surface area contributed by atoms with Crippen LogP contribution in [0, 0.1) is 0 Å². The fraction of sp³-hybridized carbons (Fsp3) is 0.250. The van der Waals surface area contributed by atoms with Crippen LogP contribution < -0.4 is 5.73 Å². The lowest BCUT2D eigenvalue weighted by Crippen LogP contribution is -2.13. The summed E-state index contributed by atoms with van der Waals surface area (Å²) < 4.78 is 24.2. The van der Waals surface area contributed by atoms with Crippen molar-refractivity contribution in [2.75, 3.05) is 6.54 Å². The normalized spacial score (nSPS) is 10.5. The van der Waals surface area contributed by atoms with Crippen molar-refractivity contribution in [1.29, 1.82) is 0 Å². The number of pyridine rings is 1. The highest BCUT2D eigenvalue weighted by Gasteiger charge is 2.11. The van der Waals surface area contributed by atoms with Gasteiger partial charge in [-0.05, 0) is 12.1 Å². The molecule has 0 saturated carbocycles. The van der Waals surface area contributed by atoms with Crippen molar-refractivity contribution < 1.29 is 13.6 Å². The molecule has 0 radical (unpaired) electrons. The molecular weight excluding hydrogens is 178 g/mol. The second kappa shape index (κ2) is 4.04. The highest BCUT2D eigenvalue weighted by Crippen LogP contribution is 2.16. The number of Topliss-reactive ketones (excluding diaryl/α,β-unsaturated/α-hetero) is 1. The lowest BCUT2D eigenvalue weighted by molar-refractivity contribution is 0.100. The Balaban J connectivity index is 2.98. The Kier molecular flexibility index (Phi) is 3.02. The average molecular weight is 186 g/mol. The minimum absolute atomic E-state index is 0.174. The summed E-state index contributed by atoms with van der Waals surface area (Å²) in [6, 6.07) is 2.42. The lowest BCUT2D eigenvalue weighted by atomic mass is 10.1. The Bertz CT molecular complexity index is 315. The number of aromatic nitrogens is 1. The summed E-state index contributed by atoms with van der Waals surface area (Å²) >= 11 is 0. The number of hydrogen-bond donors (Lipinski definition) is 1. The van der Waals surface area contributed by atoms with E-state index in [1.807, 2.05) is 0 Å². The van der Waals surface area contributed by atoms with E-state index in [0.29, 0.717) is 0 Å². The van der Waals surface area contributed by atoms with E-state index >= 15 is 0 Å². The van der Waals surface area contributed by atoms with Gasteiger partial charge in [-0.3, -0.25) is 9.78 Å². The van der Waals surface area contributed by atoms with Crippen LogP contribution in [0.1, 0.15) is 22.5 Å². The van der Waals surface area contributed by atoms with Gasteiger partial charge >= 0.3 is 0 Å². The van der Waals surface area contributed by atoms with E-state index in [0.717, 1.165) is 6.07 Å². The third-order valence-corrected chi connectivity index (χ3v) is 1.51. The molecule has 13 heavy (non-hydrogen) atoms. The quantitative estimate of drug-likeness (QED) is 0.720. The van der Waals surface area contributed by atoms with Crippen molar-refractivity contribution in [3.8, 4) is 0 Å². The molecule has 0 aliphatic carbocycles. The van der Waals surface area contributed by atoms with Crippen LogP contribution in [0.2, 0.25) is 0 Å². The van der Waals surface area contributed by atoms with Crippen LogP contribution in [0.15, 0.2) is 18.3 Å². The minimum atomic E-state index is -2.66. The van der Waals surface area contributed by atoms with Crippen LogP contribution >= 0.6 is 0 Å². The molecule has 0 aromatic carbocycles. The first-order valence-corrected chi connectivity index (χ1v) is 3.62. The molecule has 0 spiro atoms. The Labute approximate surface area is 73.6 Å². The predicted octanol–water partition coefficient (Wildman–Crippen LogP) is 1.16. The Morgan fingerprint density at radius 3 is 2.85 bits per heavy atom. The molecule has 1 aromatic rings. The van der Waals surface area contributed by atoms with Crippen molar-refractivity contribution >= 4 is 5.78 Å². The fourth-order valence-corrected chi connectivity index (χ4v) is 0.859. The molecule has 1 heterocycles. The summed E-state index contributed by atoms with van der Waals surface area (Å²) in [6.07, 6.45) is -1.49. The number of rotatable bonds is 3. The molecule has 2 N–H and O–H groups in total.